The molecule has 4 N–H and O–H groups in total. The van der Waals surface area contributed by atoms with Gasteiger partial charge >= 0.3 is 11.9 Å². The number of unbranched alkanes of at least 4 members (excludes halogenated alkanes) is 2. The minimum atomic E-state index is -1.77. The van der Waals surface area contributed by atoms with Crippen LogP contribution in [0.25, 0.3) is 0 Å². The average Bonchev–Trinajstić information content (AvgIpc) is 3.60. The summed E-state index contributed by atoms with van der Waals surface area (Å²) in [5.74, 6) is 0.346. The number of esters is 1. The Labute approximate surface area is 251 Å². The van der Waals surface area contributed by atoms with Gasteiger partial charge in [-0.3, -0.25) is 9.59 Å². The van der Waals surface area contributed by atoms with Crippen molar-refractivity contribution in [1.29, 1.82) is 0 Å². The number of aryl methyl sites for hydroxylation is 1. The second-order valence-electron chi connectivity index (χ2n) is 11.1. The standard InChI is InChI=1S/C30H34O14/c1-2-3-4-5-14-6-15(43-44-29-26(35)25(34)22(42-30(29)36)12-37-24(33)10-23(31)32)7-17-27(14)38-11-18-16-8-20-21(40-13-39-20)9-19(16)41-28(17)18/h6-9,18,22,25-26,28-30,34-36H,2-5,10-13H2,1H3,(H,31,32). The lowest BCUT2D eigenvalue weighted by atomic mass is 9.87. The van der Waals surface area contributed by atoms with Crippen molar-refractivity contribution in [3.05, 3.63) is 41.0 Å². The van der Waals surface area contributed by atoms with Crippen LogP contribution in [0.2, 0.25) is 0 Å². The van der Waals surface area contributed by atoms with Gasteiger partial charge in [-0.1, -0.05) is 19.8 Å². The van der Waals surface area contributed by atoms with E-state index in [1.807, 2.05) is 12.1 Å². The number of benzene rings is 2. The predicted molar refractivity (Wildman–Crippen MR) is 145 cm³/mol. The molecule has 4 aliphatic rings. The van der Waals surface area contributed by atoms with Crippen LogP contribution in [-0.4, -0.2) is 83.1 Å². The van der Waals surface area contributed by atoms with E-state index in [2.05, 4.69) is 6.92 Å². The first kappa shape index (κ1) is 30.2. The molecular weight excluding hydrogens is 584 g/mol. The normalized spacial score (nSPS) is 27.8. The Morgan fingerprint density at radius 1 is 0.955 bits per heavy atom. The number of aliphatic hydroxyl groups is 3. The lowest BCUT2D eigenvalue weighted by molar-refractivity contribution is -0.365. The van der Waals surface area contributed by atoms with Crippen LogP contribution in [-0.2, 0) is 30.4 Å². The third-order valence-electron chi connectivity index (χ3n) is 8.08. The summed E-state index contributed by atoms with van der Waals surface area (Å²) >= 11 is 0. The molecule has 0 bridgehead atoms. The highest BCUT2D eigenvalue weighted by molar-refractivity contribution is 5.90. The number of carbonyl (C=O) groups excluding carboxylic acids is 1. The maximum atomic E-state index is 11.5. The molecule has 1 fully saturated rings. The molecule has 4 aliphatic heterocycles. The monoisotopic (exact) mass is 618 g/mol. The van der Waals surface area contributed by atoms with Crippen molar-refractivity contribution < 1.29 is 68.2 Å². The van der Waals surface area contributed by atoms with Gasteiger partial charge in [0, 0.05) is 17.2 Å². The van der Waals surface area contributed by atoms with Gasteiger partial charge in [0.1, 0.15) is 48.9 Å². The fourth-order valence-electron chi connectivity index (χ4n) is 5.84. The van der Waals surface area contributed by atoms with Gasteiger partial charge in [0.15, 0.2) is 29.6 Å². The topological polar surface area (TPSA) is 189 Å². The van der Waals surface area contributed by atoms with Crippen LogP contribution < -0.4 is 23.8 Å². The average molecular weight is 619 g/mol. The van der Waals surface area contributed by atoms with Crippen molar-refractivity contribution in [1.82, 2.24) is 0 Å². The van der Waals surface area contributed by atoms with E-state index in [0.717, 1.165) is 36.0 Å². The molecule has 7 atom stereocenters. The molecule has 7 unspecified atom stereocenters. The number of carboxylic acid groups (broad SMARTS) is 1. The molecule has 2 aromatic rings. The minimum absolute atomic E-state index is 0.112. The number of carboxylic acids is 1. The van der Waals surface area contributed by atoms with Crippen LogP contribution in [0.15, 0.2) is 24.3 Å². The van der Waals surface area contributed by atoms with Crippen molar-refractivity contribution in [2.45, 2.75) is 81.8 Å². The van der Waals surface area contributed by atoms with Crippen LogP contribution >= 0.6 is 0 Å². The first-order chi connectivity index (χ1) is 21.2. The molecule has 0 aliphatic carbocycles. The summed E-state index contributed by atoms with van der Waals surface area (Å²) in [6.45, 7) is 2.08. The quantitative estimate of drug-likeness (QED) is 0.0939. The Kier molecular flexibility index (Phi) is 8.69. The third kappa shape index (κ3) is 5.95. The largest absolute Gasteiger partial charge is 0.492 e. The number of fused-ring (bicyclic) bond motifs is 6. The summed E-state index contributed by atoms with van der Waals surface area (Å²) in [7, 11) is 0. The summed E-state index contributed by atoms with van der Waals surface area (Å²) < 4.78 is 33.8. The SMILES string of the molecule is CCCCCc1cc(OOC2C(O)OC(COC(=O)CC(=O)O)C(O)C2O)cc2c1OCC1c3cc4c(cc3OC21)OCO4. The molecule has 14 heteroatoms. The zero-order chi connectivity index (χ0) is 31.0. The Bertz CT molecular complexity index is 1390. The number of carbonyl (C=O) groups is 2. The Balaban J connectivity index is 1.18. The maximum absolute atomic E-state index is 11.5. The molecule has 44 heavy (non-hydrogen) atoms. The molecule has 0 radical (unpaired) electrons. The van der Waals surface area contributed by atoms with Crippen molar-refractivity contribution >= 4 is 11.9 Å². The molecule has 238 valence electrons. The molecule has 1 saturated heterocycles. The van der Waals surface area contributed by atoms with E-state index in [9.17, 15) is 24.9 Å². The highest BCUT2D eigenvalue weighted by Crippen LogP contribution is 2.55. The van der Waals surface area contributed by atoms with E-state index < -0.39 is 55.7 Å². The summed E-state index contributed by atoms with van der Waals surface area (Å²) in [5.41, 5.74) is 2.57. The molecule has 0 amide bonds. The molecule has 0 aromatic heterocycles. The summed E-state index contributed by atoms with van der Waals surface area (Å²) in [6, 6.07) is 7.21. The lowest BCUT2D eigenvalue weighted by Gasteiger charge is -2.39. The van der Waals surface area contributed by atoms with Crippen molar-refractivity contribution in [3.63, 3.8) is 0 Å². The van der Waals surface area contributed by atoms with Gasteiger partial charge in [-0.2, -0.15) is 4.89 Å². The highest BCUT2D eigenvalue weighted by atomic mass is 17.2. The van der Waals surface area contributed by atoms with Gasteiger partial charge in [0.25, 0.3) is 0 Å². The van der Waals surface area contributed by atoms with Crippen LogP contribution in [0.4, 0.5) is 0 Å². The Hall–Kier alpha value is -3.82. The number of hydrogen-bond donors (Lipinski definition) is 4. The Morgan fingerprint density at radius 3 is 2.52 bits per heavy atom. The first-order valence-corrected chi connectivity index (χ1v) is 14.5. The second kappa shape index (κ2) is 12.7. The van der Waals surface area contributed by atoms with E-state index in [1.165, 1.54) is 0 Å². The molecule has 0 spiro atoms. The van der Waals surface area contributed by atoms with Gasteiger partial charge in [0.2, 0.25) is 6.79 Å². The van der Waals surface area contributed by atoms with Crippen LogP contribution in [0.5, 0.6) is 28.7 Å². The molecule has 14 nitrogen and oxygen atoms in total. The first-order valence-electron chi connectivity index (χ1n) is 14.5. The third-order valence-corrected chi connectivity index (χ3v) is 8.08. The van der Waals surface area contributed by atoms with Crippen molar-refractivity contribution in [3.8, 4) is 28.7 Å². The van der Waals surface area contributed by atoms with Gasteiger partial charge < -0.3 is 53.7 Å². The summed E-state index contributed by atoms with van der Waals surface area (Å²) in [4.78, 5) is 33.2. The molecular formula is C30H34O14. The van der Waals surface area contributed by atoms with Crippen molar-refractivity contribution in [2.75, 3.05) is 20.0 Å². The number of rotatable bonds is 11. The van der Waals surface area contributed by atoms with E-state index in [0.29, 0.717) is 36.0 Å². The highest BCUT2D eigenvalue weighted by Gasteiger charge is 2.47. The smallest absolute Gasteiger partial charge is 0.317 e. The minimum Gasteiger partial charge on any atom is -0.492 e. The van der Waals surface area contributed by atoms with Crippen LogP contribution in [0.1, 0.15) is 61.3 Å². The molecule has 6 rings (SSSR count). The van der Waals surface area contributed by atoms with E-state index >= 15 is 0 Å². The van der Waals surface area contributed by atoms with E-state index in [4.69, 9.17) is 43.3 Å². The number of ether oxygens (including phenoxy) is 6. The summed E-state index contributed by atoms with van der Waals surface area (Å²) in [5, 5.41) is 40.4. The van der Waals surface area contributed by atoms with Gasteiger partial charge in [0.05, 0.1) is 12.5 Å². The van der Waals surface area contributed by atoms with Crippen LogP contribution in [0.3, 0.4) is 0 Å². The second-order valence-corrected chi connectivity index (χ2v) is 11.1. The van der Waals surface area contributed by atoms with E-state index in [1.54, 1.807) is 12.1 Å². The molecule has 2 aromatic carbocycles. The molecule has 4 heterocycles. The van der Waals surface area contributed by atoms with E-state index in [-0.39, 0.29) is 24.6 Å². The van der Waals surface area contributed by atoms with Gasteiger partial charge in [-0.15, -0.1) is 0 Å². The predicted octanol–water partition coefficient (Wildman–Crippen LogP) is 1.89. The maximum Gasteiger partial charge on any atom is 0.317 e. The zero-order valence-corrected chi connectivity index (χ0v) is 23.9. The van der Waals surface area contributed by atoms with Crippen LogP contribution in [0, 0.1) is 0 Å². The fraction of sp³-hybridized carbons (Fsp3) is 0.533. The zero-order valence-electron chi connectivity index (χ0n) is 23.9. The number of aliphatic carboxylic acids is 1. The van der Waals surface area contributed by atoms with Gasteiger partial charge in [-0.05, 0) is 36.6 Å². The lowest BCUT2D eigenvalue weighted by Crippen LogP contribution is -2.59. The fourth-order valence-corrected chi connectivity index (χ4v) is 5.84. The van der Waals surface area contributed by atoms with Gasteiger partial charge in [-0.25, -0.2) is 0 Å². The summed E-state index contributed by atoms with van der Waals surface area (Å²) in [6.07, 6.45) is -5.61. The number of hydrogen-bond acceptors (Lipinski definition) is 13. The molecule has 0 saturated carbocycles. The van der Waals surface area contributed by atoms with Crippen molar-refractivity contribution in [2.24, 2.45) is 0 Å². The number of aliphatic hydroxyl groups excluding tert-OH is 3. The Morgan fingerprint density at radius 2 is 1.75 bits per heavy atom.